The standard InChI is InChI=1S/C16H31NO2/c1-5-9-17-16(12-15(18)19-4)8-6-7-14(11-16)10-13(2)3/h13-14,17H,5-12H2,1-4H3. The van der Waals surface area contributed by atoms with Gasteiger partial charge in [0, 0.05) is 5.54 Å². The molecule has 0 aliphatic heterocycles. The summed E-state index contributed by atoms with van der Waals surface area (Å²) < 4.78 is 4.90. The van der Waals surface area contributed by atoms with Crippen LogP contribution in [0.15, 0.2) is 0 Å². The summed E-state index contributed by atoms with van der Waals surface area (Å²) >= 11 is 0. The van der Waals surface area contributed by atoms with Crippen molar-refractivity contribution in [3.63, 3.8) is 0 Å². The van der Waals surface area contributed by atoms with Crippen LogP contribution in [0.4, 0.5) is 0 Å². The van der Waals surface area contributed by atoms with Gasteiger partial charge in [-0.15, -0.1) is 0 Å². The van der Waals surface area contributed by atoms with Crippen molar-refractivity contribution in [2.45, 2.75) is 71.3 Å². The number of nitrogens with one attached hydrogen (secondary N) is 1. The number of esters is 1. The average molecular weight is 269 g/mol. The third kappa shape index (κ3) is 5.52. The first-order valence-corrected chi connectivity index (χ1v) is 7.83. The lowest BCUT2D eigenvalue weighted by Crippen LogP contribution is -2.50. The highest BCUT2D eigenvalue weighted by molar-refractivity contribution is 5.70. The van der Waals surface area contributed by atoms with E-state index in [4.69, 9.17) is 4.74 Å². The second kappa shape index (κ2) is 7.88. The van der Waals surface area contributed by atoms with E-state index in [1.165, 1.54) is 26.4 Å². The first-order valence-electron chi connectivity index (χ1n) is 7.83. The number of carbonyl (C=O) groups excluding carboxylic acids is 1. The quantitative estimate of drug-likeness (QED) is 0.719. The van der Waals surface area contributed by atoms with Crippen molar-refractivity contribution in [2.24, 2.45) is 11.8 Å². The summed E-state index contributed by atoms with van der Waals surface area (Å²) in [6.07, 6.45) is 7.68. The summed E-state index contributed by atoms with van der Waals surface area (Å²) in [6.45, 7) is 7.74. The minimum Gasteiger partial charge on any atom is -0.469 e. The van der Waals surface area contributed by atoms with Crippen LogP contribution in [0.2, 0.25) is 0 Å². The molecule has 0 aromatic rings. The normalized spacial score (nSPS) is 27.5. The maximum atomic E-state index is 11.7. The van der Waals surface area contributed by atoms with Gasteiger partial charge < -0.3 is 10.1 Å². The smallest absolute Gasteiger partial charge is 0.307 e. The predicted molar refractivity (Wildman–Crippen MR) is 79.1 cm³/mol. The Morgan fingerprint density at radius 2 is 2.21 bits per heavy atom. The van der Waals surface area contributed by atoms with Crippen molar-refractivity contribution in [3.05, 3.63) is 0 Å². The first kappa shape index (κ1) is 16.5. The number of hydrogen-bond donors (Lipinski definition) is 1. The molecule has 2 atom stereocenters. The van der Waals surface area contributed by atoms with Crippen molar-refractivity contribution < 1.29 is 9.53 Å². The molecule has 112 valence electrons. The third-order valence-electron chi connectivity index (χ3n) is 4.21. The number of hydrogen-bond acceptors (Lipinski definition) is 3. The Balaban J connectivity index is 2.68. The van der Waals surface area contributed by atoms with E-state index >= 15 is 0 Å². The number of carbonyl (C=O) groups is 1. The molecule has 0 bridgehead atoms. The molecule has 19 heavy (non-hydrogen) atoms. The van der Waals surface area contributed by atoms with Crippen LogP contribution in [-0.2, 0) is 9.53 Å². The molecule has 0 heterocycles. The second-order valence-corrected chi connectivity index (χ2v) is 6.55. The Kier molecular flexibility index (Phi) is 6.84. The van der Waals surface area contributed by atoms with Crippen LogP contribution >= 0.6 is 0 Å². The van der Waals surface area contributed by atoms with Crippen molar-refractivity contribution >= 4 is 5.97 Å². The van der Waals surface area contributed by atoms with Crippen molar-refractivity contribution in [1.29, 1.82) is 0 Å². The van der Waals surface area contributed by atoms with Gasteiger partial charge in [0.2, 0.25) is 0 Å². The predicted octanol–water partition coefficient (Wildman–Crippen LogP) is 3.52. The Bertz CT molecular complexity index is 278. The molecule has 0 radical (unpaired) electrons. The van der Waals surface area contributed by atoms with Crippen LogP contribution in [0.3, 0.4) is 0 Å². The van der Waals surface area contributed by atoms with E-state index in [1.807, 2.05) is 0 Å². The molecule has 1 rings (SSSR count). The summed E-state index contributed by atoms with van der Waals surface area (Å²) in [5.74, 6) is 1.42. The number of methoxy groups -OCH3 is 1. The summed E-state index contributed by atoms with van der Waals surface area (Å²) in [7, 11) is 1.49. The minimum absolute atomic E-state index is 0.0130. The van der Waals surface area contributed by atoms with Crippen LogP contribution in [0.1, 0.15) is 65.7 Å². The molecule has 0 amide bonds. The van der Waals surface area contributed by atoms with E-state index in [0.29, 0.717) is 6.42 Å². The Morgan fingerprint density at radius 3 is 2.79 bits per heavy atom. The van der Waals surface area contributed by atoms with Crippen molar-refractivity contribution in [3.8, 4) is 0 Å². The Hall–Kier alpha value is -0.570. The topological polar surface area (TPSA) is 38.3 Å². The van der Waals surface area contributed by atoms with Gasteiger partial charge in [-0.2, -0.15) is 0 Å². The molecule has 2 unspecified atom stereocenters. The maximum Gasteiger partial charge on any atom is 0.307 e. The summed E-state index contributed by atoms with van der Waals surface area (Å²) in [5, 5.41) is 3.65. The minimum atomic E-state index is -0.0752. The van der Waals surface area contributed by atoms with Gasteiger partial charge >= 0.3 is 5.97 Å². The fraction of sp³-hybridized carbons (Fsp3) is 0.938. The van der Waals surface area contributed by atoms with Gasteiger partial charge in [0.15, 0.2) is 0 Å². The van der Waals surface area contributed by atoms with Gasteiger partial charge in [-0.05, 0) is 44.1 Å². The Morgan fingerprint density at radius 1 is 1.47 bits per heavy atom. The van der Waals surface area contributed by atoms with E-state index in [0.717, 1.165) is 37.6 Å². The van der Waals surface area contributed by atoms with Gasteiger partial charge in [0.1, 0.15) is 0 Å². The van der Waals surface area contributed by atoms with E-state index in [2.05, 4.69) is 26.1 Å². The molecule has 1 aliphatic rings. The van der Waals surface area contributed by atoms with Gasteiger partial charge in [-0.25, -0.2) is 0 Å². The first-order chi connectivity index (χ1) is 9.01. The summed E-state index contributed by atoms with van der Waals surface area (Å²) in [6, 6.07) is 0. The molecule has 3 nitrogen and oxygen atoms in total. The van der Waals surface area contributed by atoms with Crippen molar-refractivity contribution in [2.75, 3.05) is 13.7 Å². The summed E-state index contributed by atoms with van der Waals surface area (Å²) in [5.41, 5.74) is -0.0130. The molecular weight excluding hydrogens is 238 g/mol. The number of ether oxygens (including phenoxy) is 1. The Labute approximate surface area is 118 Å². The van der Waals surface area contributed by atoms with Crippen LogP contribution < -0.4 is 5.32 Å². The largest absolute Gasteiger partial charge is 0.469 e. The SMILES string of the molecule is CCCNC1(CC(=O)OC)CCCC(CC(C)C)C1. The molecule has 0 saturated heterocycles. The second-order valence-electron chi connectivity index (χ2n) is 6.55. The van der Waals surface area contributed by atoms with Gasteiger partial charge in [0.05, 0.1) is 13.5 Å². The molecule has 0 aromatic heterocycles. The highest BCUT2D eigenvalue weighted by Crippen LogP contribution is 2.38. The summed E-state index contributed by atoms with van der Waals surface area (Å²) in [4.78, 5) is 11.7. The van der Waals surface area contributed by atoms with E-state index < -0.39 is 0 Å². The molecule has 0 aromatic carbocycles. The van der Waals surface area contributed by atoms with Crippen LogP contribution in [0, 0.1) is 11.8 Å². The van der Waals surface area contributed by atoms with Crippen molar-refractivity contribution in [1.82, 2.24) is 5.32 Å². The third-order valence-corrected chi connectivity index (χ3v) is 4.21. The van der Waals surface area contributed by atoms with Crippen LogP contribution in [0.25, 0.3) is 0 Å². The monoisotopic (exact) mass is 269 g/mol. The zero-order valence-corrected chi connectivity index (χ0v) is 13.1. The fourth-order valence-corrected chi connectivity index (χ4v) is 3.48. The highest BCUT2D eigenvalue weighted by atomic mass is 16.5. The van der Waals surface area contributed by atoms with E-state index in [9.17, 15) is 4.79 Å². The zero-order chi connectivity index (χ0) is 14.3. The van der Waals surface area contributed by atoms with Gasteiger partial charge in [0.25, 0.3) is 0 Å². The molecule has 1 N–H and O–H groups in total. The molecule has 0 spiro atoms. The average Bonchev–Trinajstić information content (AvgIpc) is 2.36. The molecule has 1 fully saturated rings. The number of rotatable bonds is 7. The van der Waals surface area contributed by atoms with E-state index in [1.54, 1.807) is 0 Å². The fourth-order valence-electron chi connectivity index (χ4n) is 3.48. The molecular formula is C16H31NO2. The van der Waals surface area contributed by atoms with Gasteiger partial charge in [-0.1, -0.05) is 33.6 Å². The maximum absolute atomic E-state index is 11.7. The molecule has 1 saturated carbocycles. The lowest BCUT2D eigenvalue weighted by atomic mass is 9.71. The zero-order valence-electron chi connectivity index (χ0n) is 13.1. The van der Waals surface area contributed by atoms with Gasteiger partial charge in [-0.3, -0.25) is 4.79 Å². The highest BCUT2D eigenvalue weighted by Gasteiger charge is 2.37. The lowest BCUT2D eigenvalue weighted by Gasteiger charge is -2.42. The molecule has 3 heteroatoms. The van der Waals surface area contributed by atoms with Crippen LogP contribution in [0.5, 0.6) is 0 Å². The van der Waals surface area contributed by atoms with E-state index in [-0.39, 0.29) is 11.5 Å². The van der Waals surface area contributed by atoms with Crippen LogP contribution in [-0.4, -0.2) is 25.2 Å². The molecule has 1 aliphatic carbocycles. The lowest BCUT2D eigenvalue weighted by molar-refractivity contribution is -0.143.